The van der Waals surface area contributed by atoms with Crippen molar-refractivity contribution in [1.82, 2.24) is 0 Å². The Kier molecular flexibility index (Phi) is 3.92. The lowest BCUT2D eigenvalue weighted by Gasteiger charge is -2.45. The highest BCUT2D eigenvalue weighted by Gasteiger charge is 2.57. The van der Waals surface area contributed by atoms with Crippen LogP contribution in [0.2, 0.25) is 0 Å². The highest BCUT2D eigenvalue weighted by molar-refractivity contribution is 6.00. The summed E-state index contributed by atoms with van der Waals surface area (Å²) in [7, 11) is 0. The number of fused-ring (bicyclic) bond motifs is 1. The van der Waals surface area contributed by atoms with Crippen molar-refractivity contribution in [2.75, 3.05) is 0 Å². The van der Waals surface area contributed by atoms with Crippen LogP contribution in [0.25, 0.3) is 0 Å². The highest BCUT2D eigenvalue weighted by Crippen LogP contribution is 2.55. The van der Waals surface area contributed by atoms with Crippen LogP contribution in [0.3, 0.4) is 0 Å². The van der Waals surface area contributed by atoms with Gasteiger partial charge in [-0.15, -0.1) is 0 Å². The number of hydrogen-bond donors (Lipinski definition) is 1. The number of nitrogens with zero attached hydrogens (tertiary/aromatic N) is 3. The van der Waals surface area contributed by atoms with E-state index in [0.717, 1.165) is 24.8 Å². The molecule has 4 nitrogen and oxygen atoms in total. The molecule has 0 aromatic heterocycles. The van der Waals surface area contributed by atoms with E-state index in [2.05, 4.69) is 6.07 Å². The van der Waals surface area contributed by atoms with Gasteiger partial charge in [0.1, 0.15) is 11.7 Å². The van der Waals surface area contributed by atoms with Gasteiger partial charge >= 0.3 is 0 Å². The van der Waals surface area contributed by atoms with Crippen LogP contribution in [0.5, 0.6) is 0 Å². The van der Waals surface area contributed by atoms with Crippen molar-refractivity contribution >= 4 is 5.71 Å². The van der Waals surface area contributed by atoms with E-state index in [1.54, 1.807) is 12.1 Å². The fraction of sp³-hybridized carbons (Fsp3) is 0.368. The highest BCUT2D eigenvalue weighted by atomic mass is 19.1. The standard InChI is InChI=1S/C19H15FN4/c20-13-5-3-4-12(8-13)17-15-7-2-1-6-14(15)16(9-21)18(24)19(17,10-22)11-23/h3-6,8,15-17,24H,1-2,7H2. The van der Waals surface area contributed by atoms with Crippen LogP contribution in [0.15, 0.2) is 35.9 Å². The van der Waals surface area contributed by atoms with Gasteiger partial charge in [-0.25, -0.2) is 4.39 Å². The normalized spacial score (nSPS) is 27.8. The summed E-state index contributed by atoms with van der Waals surface area (Å²) in [5.74, 6) is -2.11. The SMILES string of the molecule is N#CC1C(=N)C(C#N)(C#N)C(c2cccc(F)c2)C2CCCC=C12. The number of hydrogen-bond acceptors (Lipinski definition) is 4. The molecule has 0 spiro atoms. The minimum atomic E-state index is -1.74. The summed E-state index contributed by atoms with van der Waals surface area (Å²) in [5, 5.41) is 37.5. The molecular weight excluding hydrogens is 303 g/mol. The molecule has 1 aromatic carbocycles. The second kappa shape index (κ2) is 5.91. The zero-order valence-electron chi connectivity index (χ0n) is 13.0. The molecule has 0 heterocycles. The van der Waals surface area contributed by atoms with Crippen LogP contribution in [-0.2, 0) is 0 Å². The first-order chi connectivity index (χ1) is 11.6. The molecule has 0 bridgehead atoms. The monoisotopic (exact) mass is 318 g/mol. The van der Waals surface area contributed by atoms with Gasteiger partial charge in [0.05, 0.1) is 23.9 Å². The van der Waals surface area contributed by atoms with Crippen molar-refractivity contribution in [2.45, 2.75) is 25.2 Å². The second-order valence-electron chi connectivity index (χ2n) is 6.28. The molecular formula is C19H15FN4. The van der Waals surface area contributed by atoms with E-state index < -0.39 is 23.1 Å². The van der Waals surface area contributed by atoms with Crippen LogP contribution in [0, 0.1) is 62.5 Å². The summed E-state index contributed by atoms with van der Waals surface area (Å²) in [6, 6.07) is 12.0. The summed E-state index contributed by atoms with van der Waals surface area (Å²) >= 11 is 0. The summed E-state index contributed by atoms with van der Waals surface area (Å²) in [4.78, 5) is 0. The Morgan fingerprint density at radius 1 is 1.21 bits per heavy atom. The Labute approximate surface area is 140 Å². The maximum atomic E-state index is 13.8. The van der Waals surface area contributed by atoms with Gasteiger partial charge in [-0.1, -0.05) is 18.2 Å². The smallest absolute Gasteiger partial charge is 0.189 e. The first-order valence-electron chi connectivity index (χ1n) is 7.85. The maximum Gasteiger partial charge on any atom is 0.189 e. The molecule has 1 aromatic rings. The van der Waals surface area contributed by atoms with Crippen molar-refractivity contribution in [3.8, 4) is 18.2 Å². The quantitative estimate of drug-likeness (QED) is 0.797. The van der Waals surface area contributed by atoms with Crippen molar-refractivity contribution in [2.24, 2.45) is 17.3 Å². The molecule has 0 radical (unpaired) electrons. The Morgan fingerprint density at radius 3 is 2.58 bits per heavy atom. The fourth-order valence-corrected chi connectivity index (χ4v) is 4.09. The Morgan fingerprint density at radius 2 is 1.96 bits per heavy atom. The van der Waals surface area contributed by atoms with Gasteiger partial charge in [0.25, 0.3) is 0 Å². The molecule has 24 heavy (non-hydrogen) atoms. The first-order valence-corrected chi connectivity index (χ1v) is 7.85. The molecule has 2 aliphatic carbocycles. The number of rotatable bonds is 1. The maximum absolute atomic E-state index is 13.8. The van der Waals surface area contributed by atoms with E-state index in [9.17, 15) is 20.2 Å². The van der Waals surface area contributed by atoms with E-state index in [1.807, 2.05) is 18.2 Å². The van der Waals surface area contributed by atoms with Gasteiger partial charge < -0.3 is 5.41 Å². The van der Waals surface area contributed by atoms with Gasteiger partial charge in [0, 0.05) is 5.92 Å². The Bertz CT molecular complexity index is 835. The van der Waals surface area contributed by atoms with Crippen LogP contribution in [0.1, 0.15) is 30.7 Å². The largest absolute Gasteiger partial charge is 0.305 e. The third-order valence-electron chi connectivity index (χ3n) is 5.13. The minimum Gasteiger partial charge on any atom is -0.305 e. The van der Waals surface area contributed by atoms with Gasteiger partial charge in [-0.2, -0.15) is 15.8 Å². The van der Waals surface area contributed by atoms with Crippen LogP contribution >= 0.6 is 0 Å². The average Bonchev–Trinajstić information content (AvgIpc) is 2.61. The number of nitriles is 3. The van der Waals surface area contributed by atoms with Crippen molar-refractivity contribution in [1.29, 1.82) is 21.2 Å². The molecule has 0 amide bonds. The molecule has 118 valence electrons. The van der Waals surface area contributed by atoms with E-state index in [1.165, 1.54) is 12.1 Å². The number of nitrogens with one attached hydrogen (secondary N) is 1. The van der Waals surface area contributed by atoms with Crippen molar-refractivity contribution in [3.63, 3.8) is 0 Å². The first kappa shape index (κ1) is 15.9. The molecule has 3 atom stereocenters. The topological polar surface area (TPSA) is 95.2 Å². The molecule has 3 rings (SSSR count). The van der Waals surface area contributed by atoms with Gasteiger partial charge in [-0.3, -0.25) is 0 Å². The van der Waals surface area contributed by atoms with E-state index in [-0.39, 0.29) is 11.6 Å². The minimum absolute atomic E-state index is 0.186. The lowest BCUT2D eigenvalue weighted by molar-refractivity contribution is 0.319. The zero-order valence-corrected chi connectivity index (χ0v) is 13.0. The number of benzene rings is 1. The van der Waals surface area contributed by atoms with Crippen LogP contribution in [-0.4, -0.2) is 5.71 Å². The molecule has 1 fully saturated rings. The third kappa shape index (κ3) is 2.12. The third-order valence-corrected chi connectivity index (χ3v) is 5.13. The summed E-state index contributed by atoms with van der Waals surface area (Å²) in [6.07, 6.45) is 4.39. The number of allylic oxidation sites excluding steroid dienone is 2. The van der Waals surface area contributed by atoms with Gasteiger partial charge in [0.2, 0.25) is 0 Å². The lowest BCUT2D eigenvalue weighted by atomic mass is 9.53. The van der Waals surface area contributed by atoms with Crippen LogP contribution < -0.4 is 0 Å². The molecule has 1 N–H and O–H groups in total. The second-order valence-corrected chi connectivity index (χ2v) is 6.28. The van der Waals surface area contributed by atoms with Crippen molar-refractivity contribution in [3.05, 3.63) is 47.3 Å². The fourth-order valence-electron chi connectivity index (χ4n) is 4.09. The lowest BCUT2D eigenvalue weighted by Crippen LogP contribution is -2.48. The molecule has 5 heteroatoms. The predicted octanol–water partition coefficient (Wildman–Crippen LogP) is 3.84. The summed E-state index contributed by atoms with van der Waals surface area (Å²) in [6.45, 7) is 0. The van der Waals surface area contributed by atoms with E-state index in [4.69, 9.17) is 5.41 Å². The summed E-state index contributed by atoms with van der Waals surface area (Å²) < 4.78 is 13.8. The summed E-state index contributed by atoms with van der Waals surface area (Å²) in [5.41, 5.74) is -0.581. The van der Waals surface area contributed by atoms with Gasteiger partial charge in [0.15, 0.2) is 5.41 Å². The molecule has 1 saturated carbocycles. The van der Waals surface area contributed by atoms with E-state index >= 15 is 0 Å². The van der Waals surface area contributed by atoms with Gasteiger partial charge in [-0.05, 0) is 48.4 Å². The molecule has 0 saturated heterocycles. The van der Waals surface area contributed by atoms with Crippen molar-refractivity contribution < 1.29 is 4.39 Å². The Hall–Kier alpha value is -2.97. The molecule has 3 unspecified atom stereocenters. The number of halogens is 1. The predicted molar refractivity (Wildman–Crippen MR) is 85.1 cm³/mol. The average molecular weight is 318 g/mol. The van der Waals surface area contributed by atoms with Crippen LogP contribution in [0.4, 0.5) is 4.39 Å². The van der Waals surface area contributed by atoms with E-state index in [0.29, 0.717) is 5.56 Å². The zero-order chi connectivity index (χ0) is 17.3. The Balaban J connectivity index is 2.27. The molecule has 2 aliphatic rings. The molecule has 0 aliphatic heterocycles.